The number of urea groups is 1. The second kappa shape index (κ2) is 4.89. The summed E-state index contributed by atoms with van der Waals surface area (Å²) in [7, 11) is 1.48. The molecule has 0 aliphatic carbocycles. The van der Waals surface area contributed by atoms with Gasteiger partial charge >= 0.3 is 6.03 Å². The molecule has 0 unspecified atom stereocenters. The lowest BCUT2D eigenvalue weighted by Gasteiger charge is -2.29. The van der Waals surface area contributed by atoms with Crippen LogP contribution in [-0.4, -0.2) is 22.9 Å². The molecule has 1 atom stereocenters. The SMILES string of the molecule is CC1=C([N+](=O)[O-])[C@H](c2ccccc2Cl)NC(=O)N1C. The van der Waals surface area contributed by atoms with Crippen molar-refractivity contribution in [2.24, 2.45) is 0 Å². The third-order valence-corrected chi connectivity index (χ3v) is 3.48. The number of allylic oxidation sites excluding steroid dienone is 1. The van der Waals surface area contributed by atoms with Gasteiger partial charge in [0.05, 0.1) is 10.6 Å². The molecule has 1 aromatic carbocycles. The zero-order valence-corrected chi connectivity index (χ0v) is 11.1. The molecule has 6 nitrogen and oxygen atoms in total. The Labute approximate surface area is 114 Å². The number of hydrogen-bond donors (Lipinski definition) is 1. The van der Waals surface area contributed by atoms with Crippen LogP contribution < -0.4 is 5.32 Å². The summed E-state index contributed by atoms with van der Waals surface area (Å²) < 4.78 is 0. The van der Waals surface area contributed by atoms with Crippen LogP contribution in [0.25, 0.3) is 0 Å². The Kier molecular flexibility index (Phi) is 3.44. The highest BCUT2D eigenvalue weighted by Crippen LogP contribution is 2.33. The van der Waals surface area contributed by atoms with Crippen molar-refractivity contribution in [3.8, 4) is 0 Å². The van der Waals surface area contributed by atoms with Crippen molar-refractivity contribution in [3.63, 3.8) is 0 Å². The standard InChI is InChI=1S/C12H12ClN3O3/c1-7-11(16(18)19)10(14-12(17)15(7)2)8-5-3-4-6-9(8)13/h3-6,10H,1-2H3,(H,14,17)/t10-/m0/s1. The van der Waals surface area contributed by atoms with Gasteiger partial charge in [0.25, 0.3) is 5.70 Å². The number of halogens is 1. The molecule has 19 heavy (non-hydrogen) atoms. The highest BCUT2D eigenvalue weighted by atomic mass is 35.5. The maximum Gasteiger partial charge on any atom is 0.322 e. The number of nitro groups is 1. The van der Waals surface area contributed by atoms with Crippen LogP contribution in [0.2, 0.25) is 5.02 Å². The third-order valence-electron chi connectivity index (χ3n) is 3.13. The molecule has 1 aromatic rings. The van der Waals surface area contributed by atoms with Crippen LogP contribution >= 0.6 is 11.6 Å². The first-order chi connectivity index (χ1) is 8.93. The largest absolute Gasteiger partial charge is 0.322 e. The second-order valence-electron chi connectivity index (χ2n) is 4.19. The Hall–Kier alpha value is -2.08. The van der Waals surface area contributed by atoms with Crippen LogP contribution in [0.4, 0.5) is 4.79 Å². The molecular formula is C12H12ClN3O3. The molecule has 2 amide bonds. The first kappa shape index (κ1) is 13.4. The summed E-state index contributed by atoms with van der Waals surface area (Å²) in [5, 5.41) is 14.2. The maximum absolute atomic E-state index is 11.8. The fourth-order valence-corrected chi connectivity index (χ4v) is 2.24. The van der Waals surface area contributed by atoms with E-state index in [0.717, 1.165) is 0 Å². The number of carbonyl (C=O) groups excluding carboxylic acids is 1. The normalized spacial score (nSPS) is 19.4. The minimum Gasteiger partial charge on any atom is -0.321 e. The van der Waals surface area contributed by atoms with Crippen molar-refractivity contribution in [3.05, 3.63) is 56.4 Å². The van der Waals surface area contributed by atoms with Gasteiger partial charge in [-0.25, -0.2) is 4.79 Å². The van der Waals surface area contributed by atoms with Crippen molar-refractivity contribution < 1.29 is 9.72 Å². The monoisotopic (exact) mass is 281 g/mol. The van der Waals surface area contributed by atoms with Crippen LogP contribution in [0.3, 0.4) is 0 Å². The van der Waals surface area contributed by atoms with Crippen LogP contribution in [0.15, 0.2) is 35.7 Å². The lowest BCUT2D eigenvalue weighted by atomic mass is 10.0. The van der Waals surface area contributed by atoms with E-state index < -0.39 is 17.0 Å². The molecule has 100 valence electrons. The molecular weight excluding hydrogens is 270 g/mol. The Morgan fingerprint density at radius 3 is 2.63 bits per heavy atom. The summed E-state index contributed by atoms with van der Waals surface area (Å²) in [6.45, 7) is 1.54. The first-order valence-electron chi connectivity index (χ1n) is 5.57. The number of nitrogens with one attached hydrogen (secondary N) is 1. The van der Waals surface area contributed by atoms with Gasteiger partial charge in [-0.2, -0.15) is 0 Å². The number of rotatable bonds is 2. The predicted octanol–water partition coefficient (Wildman–Crippen LogP) is 2.54. The molecule has 1 aliphatic heterocycles. The molecule has 7 heteroatoms. The molecule has 0 saturated carbocycles. The van der Waals surface area contributed by atoms with Gasteiger partial charge in [-0.15, -0.1) is 0 Å². The van der Waals surface area contributed by atoms with Gasteiger partial charge in [-0.05, 0) is 13.0 Å². The van der Waals surface area contributed by atoms with E-state index in [9.17, 15) is 14.9 Å². The Morgan fingerprint density at radius 2 is 2.05 bits per heavy atom. The third kappa shape index (κ3) is 2.26. The molecule has 1 N–H and O–H groups in total. The van der Waals surface area contributed by atoms with Crippen molar-refractivity contribution in [2.75, 3.05) is 7.05 Å². The van der Waals surface area contributed by atoms with E-state index in [2.05, 4.69) is 5.32 Å². The molecule has 0 radical (unpaired) electrons. The molecule has 1 heterocycles. The average molecular weight is 282 g/mol. The molecule has 0 aromatic heterocycles. The highest BCUT2D eigenvalue weighted by Gasteiger charge is 2.38. The summed E-state index contributed by atoms with van der Waals surface area (Å²) in [4.78, 5) is 23.7. The van der Waals surface area contributed by atoms with E-state index in [1.54, 1.807) is 31.2 Å². The van der Waals surface area contributed by atoms with Crippen molar-refractivity contribution in [1.82, 2.24) is 10.2 Å². The lowest BCUT2D eigenvalue weighted by molar-refractivity contribution is -0.433. The van der Waals surface area contributed by atoms with Gasteiger partial charge in [0, 0.05) is 17.6 Å². The van der Waals surface area contributed by atoms with E-state index >= 15 is 0 Å². The number of hydrogen-bond acceptors (Lipinski definition) is 3. The summed E-state index contributed by atoms with van der Waals surface area (Å²) >= 11 is 6.05. The smallest absolute Gasteiger partial charge is 0.321 e. The Morgan fingerprint density at radius 1 is 1.42 bits per heavy atom. The quantitative estimate of drug-likeness (QED) is 0.668. The molecule has 0 fully saturated rings. The zero-order chi connectivity index (χ0) is 14.2. The maximum atomic E-state index is 11.8. The Balaban J connectivity index is 2.59. The molecule has 2 rings (SSSR count). The average Bonchev–Trinajstić information content (AvgIpc) is 2.35. The topological polar surface area (TPSA) is 75.5 Å². The first-order valence-corrected chi connectivity index (χ1v) is 5.95. The minimum absolute atomic E-state index is 0.0739. The van der Waals surface area contributed by atoms with E-state index in [4.69, 9.17) is 11.6 Å². The van der Waals surface area contributed by atoms with E-state index in [0.29, 0.717) is 16.3 Å². The Bertz CT molecular complexity index is 585. The fraction of sp³-hybridized carbons (Fsp3) is 0.250. The van der Waals surface area contributed by atoms with E-state index in [1.165, 1.54) is 11.9 Å². The summed E-state index contributed by atoms with van der Waals surface area (Å²) in [6, 6.07) is 5.51. The van der Waals surface area contributed by atoms with Crippen molar-refractivity contribution in [1.29, 1.82) is 0 Å². The molecule has 0 bridgehead atoms. The van der Waals surface area contributed by atoms with Gasteiger partial charge in [0.15, 0.2) is 6.04 Å². The number of carbonyl (C=O) groups is 1. The van der Waals surface area contributed by atoms with Crippen LogP contribution in [-0.2, 0) is 0 Å². The van der Waals surface area contributed by atoms with E-state index in [-0.39, 0.29) is 5.70 Å². The molecule has 0 spiro atoms. The van der Waals surface area contributed by atoms with Gasteiger partial charge in [-0.1, -0.05) is 29.8 Å². The van der Waals surface area contributed by atoms with E-state index in [1.807, 2.05) is 0 Å². The summed E-state index contributed by atoms with van der Waals surface area (Å²) in [6.07, 6.45) is 0. The summed E-state index contributed by atoms with van der Waals surface area (Å²) in [5.74, 6) is 0. The van der Waals surface area contributed by atoms with Gasteiger partial charge in [0.1, 0.15) is 0 Å². The number of benzene rings is 1. The molecule has 1 aliphatic rings. The minimum atomic E-state index is -0.840. The van der Waals surface area contributed by atoms with Crippen molar-refractivity contribution in [2.45, 2.75) is 13.0 Å². The lowest BCUT2D eigenvalue weighted by Crippen LogP contribution is -2.46. The number of amides is 2. The van der Waals surface area contributed by atoms with Gasteiger partial charge in [-0.3, -0.25) is 15.0 Å². The van der Waals surface area contributed by atoms with Crippen LogP contribution in [0.1, 0.15) is 18.5 Å². The van der Waals surface area contributed by atoms with Gasteiger partial charge in [0.2, 0.25) is 0 Å². The summed E-state index contributed by atoms with van der Waals surface area (Å²) in [5.41, 5.74) is 0.741. The highest BCUT2D eigenvalue weighted by molar-refractivity contribution is 6.31. The van der Waals surface area contributed by atoms with Crippen LogP contribution in [0.5, 0.6) is 0 Å². The fourth-order valence-electron chi connectivity index (χ4n) is 1.99. The van der Waals surface area contributed by atoms with Crippen LogP contribution in [0, 0.1) is 10.1 Å². The second-order valence-corrected chi connectivity index (χ2v) is 4.60. The molecule has 0 saturated heterocycles. The van der Waals surface area contributed by atoms with Crippen molar-refractivity contribution >= 4 is 17.6 Å². The van der Waals surface area contributed by atoms with Gasteiger partial charge < -0.3 is 5.32 Å². The predicted molar refractivity (Wildman–Crippen MR) is 70.2 cm³/mol. The number of nitrogens with zero attached hydrogens (tertiary/aromatic N) is 2. The zero-order valence-electron chi connectivity index (χ0n) is 10.4.